The number of nitrogens with zero attached hydrogens (tertiary/aromatic N) is 2. The van der Waals surface area contributed by atoms with Crippen molar-refractivity contribution < 1.29 is 58.2 Å². The molecule has 1 aromatic rings. The van der Waals surface area contributed by atoms with Crippen molar-refractivity contribution >= 4 is 11.7 Å². The second-order valence-electron chi connectivity index (χ2n) is 1.92. The van der Waals surface area contributed by atoms with E-state index in [0.29, 0.717) is 5.92 Å². The zero-order valence-electron chi connectivity index (χ0n) is 5.88. The van der Waals surface area contributed by atoms with Crippen LogP contribution in [0, 0.1) is 6.20 Å². The molecule has 0 bridgehead atoms. The molecule has 0 aliphatic heterocycles. The van der Waals surface area contributed by atoms with Gasteiger partial charge in [0.05, 0.1) is 0 Å². The number of hydrogen-bond donors (Lipinski definition) is 0. The predicted octanol–water partition coefficient (Wildman–Crippen LogP) is -1.53. The molecule has 2 nitrogen and oxygen atoms in total. The first-order chi connectivity index (χ1) is 3.80. The van der Waals surface area contributed by atoms with Crippen LogP contribution >= 0.6 is 11.7 Å². The van der Waals surface area contributed by atoms with Crippen molar-refractivity contribution in [3.8, 4) is 0 Å². The molecule has 0 fully saturated rings. The van der Waals surface area contributed by atoms with Crippen LogP contribution in [0.1, 0.15) is 25.5 Å². The molecular weight excluding hydrogens is 206 g/mol. The smallest absolute Gasteiger partial charge is 0.394 e. The first kappa shape index (κ1) is 10.4. The van der Waals surface area contributed by atoms with Gasteiger partial charge in [0.25, 0.3) is 0 Å². The van der Waals surface area contributed by atoms with Gasteiger partial charge >= 0.3 is 58.2 Å². The van der Waals surface area contributed by atoms with Gasteiger partial charge < -0.3 is 10.6 Å². The molecular formula is C5H7N2RbS. The maximum Gasteiger partial charge on any atom is 1.00 e. The molecule has 44 valence electrons. The van der Waals surface area contributed by atoms with E-state index in [1.54, 1.807) is 0 Å². The third kappa shape index (κ3) is 3.32. The minimum Gasteiger partial charge on any atom is -0.394 e. The molecule has 0 atom stereocenters. The van der Waals surface area contributed by atoms with Crippen molar-refractivity contribution in [2.45, 2.75) is 19.8 Å². The van der Waals surface area contributed by atoms with Crippen molar-refractivity contribution in [1.82, 2.24) is 8.75 Å². The molecule has 1 heterocycles. The van der Waals surface area contributed by atoms with Gasteiger partial charge in [-0.05, 0) is 5.92 Å². The minimum absolute atomic E-state index is 0. The maximum absolute atomic E-state index is 3.99. The van der Waals surface area contributed by atoms with Crippen molar-refractivity contribution in [2.75, 3.05) is 0 Å². The summed E-state index contributed by atoms with van der Waals surface area (Å²) in [5, 5.41) is 0. The SMILES string of the molecule is CC(C)c1[c-]nsn1.[Rb+]. The van der Waals surface area contributed by atoms with Gasteiger partial charge in [-0.15, -0.1) is 5.69 Å². The van der Waals surface area contributed by atoms with E-state index in [1.807, 2.05) is 0 Å². The van der Waals surface area contributed by atoms with Crippen LogP contribution in [-0.2, 0) is 0 Å². The maximum atomic E-state index is 3.99. The molecule has 1 aromatic heterocycles. The van der Waals surface area contributed by atoms with Crippen LogP contribution in [-0.4, -0.2) is 8.75 Å². The molecule has 0 aliphatic carbocycles. The average Bonchev–Trinajstić information content (AvgIpc) is 2.12. The number of aromatic nitrogens is 2. The monoisotopic (exact) mass is 212 g/mol. The first-order valence-corrected chi connectivity index (χ1v) is 3.24. The molecule has 0 saturated heterocycles. The topological polar surface area (TPSA) is 25.8 Å². The molecule has 0 saturated carbocycles. The summed E-state index contributed by atoms with van der Waals surface area (Å²) in [6.45, 7) is 4.15. The second-order valence-corrected chi connectivity index (χ2v) is 2.44. The Morgan fingerprint density at radius 3 is 2.44 bits per heavy atom. The van der Waals surface area contributed by atoms with E-state index in [1.165, 1.54) is 11.7 Å². The van der Waals surface area contributed by atoms with E-state index in [0.717, 1.165) is 5.69 Å². The fourth-order valence-corrected chi connectivity index (χ4v) is 0.901. The van der Waals surface area contributed by atoms with Gasteiger partial charge in [-0.2, -0.15) is 0 Å². The van der Waals surface area contributed by atoms with Crippen molar-refractivity contribution in [3.63, 3.8) is 0 Å². The van der Waals surface area contributed by atoms with Gasteiger partial charge in [-0.1, -0.05) is 13.8 Å². The molecule has 0 amide bonds. The first-order valence-electron chi connectivity index (χ1n) is 2.51. The Morgan fingerprint density at radius 1 is 1.56 bits per heavy atom. The molecule has 0 spiro atoms. The van der Waals surface area contributed by atoms with Crippen LogP contribution in [0.3, 0.4) is 0 Å². The van der Waals surface area contributed by atoms with Gasteiger partial charge in [-0.25, -0.2) is 4.37 Å². The van der Waals surface area contributed by atoms with Crippen molar-refractivity contribution in [2.24, 2.45) is 0 Å². The average molecular weight is 213 g/mol. The Kier molecular flexibility index (Phi) is 5.84. The number of hydrogen-bond acceptors (Lipinski definition) is 3. The summed E-state index contributed by atoms with van der Waals surface area (Å²) in [4.78, 5) is 0. The fourth-order valence-electron chi connectivity index (χ4n) is 0.386. The second kappa shape index (κ2) is 5.07. The Hall–Kier alpha value is 1.37. The zero-order chi connectivity index (χ0) is 5.98. The molecule has 0 radical (unpaired) electrons. The fraction of sp³-hybridized carbons (Fsp3) is 0.600. The van der Waals surface area contributed by atoms with Crippen LogP contribution in [0.25, 0.3) is 0 Å². The normalized spacial score (nSPS) is 9.22. The van der Waals surface area contributed by atoms with Crippen molar-refractivity contribution in [1.29, 1.82) is 0 Å². The molecule has 0 N–H and O–H groups in total. The molecule has 0 unspecified atom stereocenters. The van der Waals surface area contributed by atoms with Crippen LogP contribution in [0.15, 0.2) is 0 Å². The molecule has 0 aliphatic rings. The van der Waals surface area contributed by atoms with E-state index in [9.17, 15) is 0 Å². The predicted molar refractivity (Wildman–Crippen MR) is 32.8 cm³/mol. The quantitative estimate of drug-likeness (QED) is 0.528. The zero-order valence-corrected chi connectivity index (χ0v) is 11.6. The third-order valence-corrected chi connectivity index (χ3v) is 1.34. The van der Waals surface area contributed by atoms with Gasteiger partial charge in [0, 0.05) is 11.7 Å². The third-order valence-electron chi connectivity index (χ3n) is 0.887. The Balaban J connectivity index is 0.000000640. The summed E-state index contributed by atoms with van der Waals surface area (Å²) >= 11 is 1.21. The van der Waals surface area contributed by atoms with E-state index >= 15 is 0 Å². The van der Waals surface area contributed by atoms with Crippen LogP contribution in [0.4, 0.5) is 0 Å². The Bertz CT molecular complexity index is 150. The van der Waals surface area contributed by atoms with Gasteiger partial charge in [-0.3, -0.25) is 0 Å². The van der Waals surface area contributed by atoms with Crippen LogP contribution in [0.5, 0.6) is 0 Å². The summed E-state index contributed by atoms with van der Waals surface area (Å²) in [6, 6.07) is 0. The van der Waals surface area contributed by atoms with Crippen molar-refractivity contribution in [3.05, 3.63) is 11.9 Å². The molecule has 0 aromatic carbocycles. The Morgan fingerprint density at radius 2 is 2.22 bits per heavy atom. The van der Waals surface area contributed by atoms with Gasteiger partial charge in [0.2, 0.25) is 0 Å². The minimum atomic E-state index is 0. The standard InChI is InChI=1S/C5H7N2S.Rb/c1-4(2)5-3-6-8-7-5;/h4H,1-2H3;/q-1;+1. The molecule has 4 heteroatoms. The van der Waals surface area contributed by atoms with E-state index in [-0.39, 0.29) is 58.2 Å². The van der Waals surface area contributed by atoms with E-state index in [2.05, 4.69) is 28.8 Å². The van der Waals surface area contributed by atoms with Crippen LogP contribution < -0.4 is 58.2 Å². The summed E-state index contributed by atoms with van der Waals surface area (Å²) in [7, 11) is 0. The summed E-state index contributed by atoms with van der Waals surface area (Å²) < 4.78 is 7.74. The summed E-state index contributed by atoms with van der Waals surface area (Å²) in [5.41, 5.74) is 0.968. The van der Waals surface area contributed by atoms with Crippen LogP contribution in [0.2, 0.25) is 0 Å². The largest absolute Gasteiger partial charge is 1.00 e. The Labute approximate surface area is 108 Å². The van der Waals surface area contributed by atoms with E-state index in [4.69, 9.17) is 0 Å². The summed E-state index contributed by atoms with van der Waals surface area (Å²) in [5.74, 6) is 0.466. The summed E-state index contributed by atoms with van der Waals surface area (Å²) in [6.07, 6.45) is 2.79. The van der Waals surface area contributed by atoms with Gasteiger partial charge in [0.15, 0.2) is 0 Å². The molecule has 1 rings (SSSR count). The van der Waals surface area contributed by atoms with E-state index < -0.39 is 0 Å². The number of rotatable bonds is 1. The molecule has 9 heavy (non-hydrogen) atoms. The van der Waals surface area contributed by atoms with Gasteiger partial charge in [0.1, 0.15) is 0 Å².